The lowest BCUT2D eigenvalue weighted by molar-refractivity contribution is -0.123. The molecule has 3 aliphatic rings. The number of rotatable bonds is 2. The van der Waals surface area contributed by atoms with Crippen molar-refractivity contribution in [2.24, 2.45) is 17.8 Å². The van der Waals surface area contributed by atoms with Crippen molar-refractivity contribution in [3.63, 3.8) is 0 Å². The number of carbonyl (C=O) groups is 2. The van der Waals surface area contributed by atoms with Gasteiger partial charge in [-0.05, 0) is 36.2 Å². The van der Waals surface area contributed by atoms with Gasteiger partial charge in [-0.25, -0.2) is 9.88 Å². The molecule has 4 atom stereocenters. The average molecular weight is 545 g/mol. The highest BCUT2D eigenvalue weighted by Crippen LogP contribution is 2.57. The minimum absolute atomic E-state index is 0.00167. The quantitative estimate of drug-likeness (QED) is 0.370. The molecule has 7 nitrogen and oxygen atoms in total. The van der Waals surface area contributed by atoms with E-state index in [9.17, 15) is 14.4 Å². The van der Waals surface area contributed by atoms with E-state index < -0.39 is 23.3 Å². The number of halogens is 2. The summed E-state index contributed by atoms with van der Waals surface area (Å²) in [4.78, 5) is 48.5. The highest BCUT2D eigenvalue weighted by Gasteiger charge is 2.70. The molecule has 2 amide bonds. The van der Waals surface area contributed by atoms with E-state index in [1.807, 2.05) is 44.2 Å². The fourth-order valence-electron chi connectivity index (χ4n) is 6.63. The first-order valence-electron chi connectivity index (χ1n) is 12.5. The zero-order valence-corrected chi connectivity index (χ0v) is 22.0. The van der Waals surface area contributed by atoms with Crippen molar-refractivity contribution in [3.8, 4) is 5.69 Å². The predicted molar refractivity (Wildman–Crippen MR) is 146 cm³/mol. The predicted octanol–water partition coefficient (Wildman–Crippen LogP) is 4.68. The molecular weight excluding hydrogens is 523 g/mol. The molecule has 1 spiro atoms. The summed E-state index contributed by atoms with van der Waals surface area (Å²) in [6.07, 6.45) is 0. The Balaban J connectivity index is 1.54. The van der Waals surface area contributed by atoms with Crippen molar-refractivity contribution in [1.29, 1.82) is 0 Å². The molecule has 0 bridgehead atoms. The highest BCUT2D eigenvalue weighted by molar-refractivity contribution is 6.45. The number of nitrogens with zero attached hydrogens (tertiary/aromatic N) is 3. The zero-order chi connectivity index (χ0) is 26.5. The van der Waals surface area contributed by atoms with Gasteiger partial charge in [-0.15, -0.1) is 0 Å². The van der Waals surface area contributed by atoms with Gasteiger partial charge >= 0.3 is 0 Å². The third kappa shape index (κ3) is 2.79. The van der Waals surface area contributed by atoms with Crippen LogP contribution in [0.25, 0.3) is 16.6 Å². The summed E-state index contributed by atoms with van der Waals surface area (Å²) in [5.74, 6) is -1.86. The number of nitrogens with one attached hydrogen (secondary N) is 1. The Hall–Kier alpha value is -3.52. The van der Waals surface area contributed by atoms with Crippen molar-refractivity contribution >= 4 is 51.6 Å². The Morgan fingerprint density at radius 3 is 2.39 bits per heavy atom. The lowest BCUT2D eigenvalue weighted by atomic mass is 9.75. The van der Waals surface area contributed by atoms with Crippen LogP contribution in [0, 0.1) is 17.8 Å². The van der Waals surface area contributed by atoms with Crippen LogP contribution in [-0.2, 0) is 15.1 Å². The molecule has 2 saturated heterocycles. The number of hydrogen-bond donors (Lipinski definition) is 1. The number of fused-ring (bicyclic) bond motifs is 8. The Labute approximate surface area is 228 Å². The number of para-hydroxylation sites is 2. The van der Waals surface area contributed by atoms with E-state index in [0.717, 1.165) is 5.56 Å². The van der Waals surface area contributed by atoms with Gasteiger partial charge in [0.25, 0.3) is 5.56 Å². The lowest BCUT2D eigenvalue weighted by Gasteiger charge is -2.32. The first-order chi connectivity index (χ1) is 18.3. The molecule has 0 radical (unpaired) electrons. The van der Waals surface area contributed by atoms with Crippen LogP contribution >= 0.6 is 23.2 Å². The van der Waals surface area contributed by atoms with Crippen LogP contribution in [0.2, 0.25) is 10.0 Å². The normalized spacial score (nSPS) is 25.5. The summed E-state index contributed by atoms with van der Waals surface area (Å²) in [7, 11) is 0. The van der Waals surface area contributed by atoms with Gasteiger partial charge in [0.2, 0.25) is 11.8 Å². The SMILES string of the molecule is CC(C)[C@@H]1N[C@@]2(c3ccccc3-n3c2nc2ccccc2c3=O)[C@H]2C(=O)N(c3cccc(Cl)c3Cl)C(=O)[C@@H]12. The molecule has 0 saturated carbocycles. The fourth-order valence-corrected chi connectivity index (χ4v) is 7.01. The van der Waals surface area contributed by atoms with E-state index in [-0.39, 0.29) is 39.2 Å². The van der Waals surface area contributed by atoms with Gasteiger partial charge in [0.15, 0.2) is 0 Å². The maximum atomic E-state index is 14.4. The van der Waals surface area contributed by atoms with Crippen LogP contribution < -0.4 is 15.8 Å². The van der Waals surface area contributed by atoms with Gasteiger partial charge in [0.05, 0.1) is 44.2 Å². The molecule has 9 heteroatoms. The number of hydrogen-bond acceptors (Lipinski definition) is 5. The van der Waals surface area contributed by atoms with E-state index in [1.165, 1.54) is 4.90 Å². The maximum Gasteiger partial charge on any atom is 0.266 e. The van der Waals surface area contributed by atoms with Gasteiger partial charge in [0.1, 0.15) is 11.4 Å². The van der Waals surface area contributed by atoms with Gasteiger partial charge in [0, 0.05) is 11.6 Å². The maximum absolute atomic E-state index is 14.4. The number of carbonyl (C=O) groups excluding carboxylic acids is 2. The summed E-state index contributed by atoms with van der Waals surface area (Å²) in [6.45, 7) is 4.03. The first-order valence-corrected chi connectivity index (χ1v) is 13.2. The van der Waals surface area contributed by atoms with Crippen LogP contribution in [0.4, 0.5) is 5.69 Å². The van der Waals surface area contributed by atoms with Crippen LogP contribution in [-0.4, -0.2) is 27.4 Å². The van der Waals surface area contributed by atoms with E-state index in [2.05, 4.69) is 5.32 Å². The van der Waals surface area contributed by atoms with E-state index >= 15 is 0 Å². The minimum Gasteiger partial charge on any atom is -0.296 e. The van der Waals surface area contributed by atoms with E-state index in [4.69, 9.17) is 28.2 Å². The largest absolute Gasteiger partial charge is 0.296 e. The topological polar surface area (TPSA) is 84.3 Å². The molecule has 3 aromatic carbocycles. The molecule has 4 heterocycles. The number of aromatic nitrogens is 2. The first kappa shape index (κ1) is 23.6. The number of amides is 2. The van der Waals surface area contributed by atoms with Crippen molar-refractivity contribution < 1.29 is 9.59 Å². The molecule has 0 unspecified atom stereocenters. The molecule has 2 fully saturated rings. The molecule has 1 N–H and O–H groups in total. The summed E-state index contributed by atoms with van der Waals surface area (Å²) in [5.41, 5.74) is 0.795. The fraction of sp³-hybridized carbons (Fsp3) is 0.241. The van der Waals surface area contributed by atoms with Crippen molar-refractivity contribution in [2.75, 3.05) is 4.90 Å². The lowest BCUT2D eigenvalue weighted by Crippen LogP contribution is -2.51. The van der Waals surface area contributed by atoms with Crippen LogP contribution in [0.15, 0.2) is 71.5 Å². The van der Waals surface area contributed by atoms with Crippen molar-refractivity contribution in [1.82, 2.24) is 14.9 Å². The van der Waals surface area contributed by atoms with Gasteiger partial charge < -0.3 is 0 Å². The molecule has 3 aliphatic heterocycles. The van der Waals surface area contributed by atoms with E-state index in [0.29, 0.717) is 22.4 Å². The summed E-state index contributed by atoms with van der Waals surface area (Å²) < 4.78 is 1.59. The van der Waals surface area contributed by atoms with Gasteiger partial charge in [-0.3, -0.25) is 24.3 Å². The average Bonchev–Trinajstić information content (AvgIpc) is 3.50. The third-order valence-electron chi connectivity index (χ3n) is 8.19. The molecule has 0 aliphatic carbocycles. The number of anilines is 1. The number of imide groups is 1. The molecule has 190 valence electrons. The standard InChI is InChI=1S/C29H22Cl2N4O3/c1-14(2)24-21-22(27(38)34(26(21)37)20-13-7-10-17(30)23(20)31)29(33-24)16-9-4-6-12-19(16)35-25(36)15-8-3-5-11-18(15)32-28(29)35/h3-14,21-22,24,33H,1-2H3/t21-,22-,24+,29+/m1/s1. The summed E-state index contributed by atoms with van der Waals surface area (Å²) in [5, 5.41) is 4.57. The van der Waals surface area contributed by atoms with Crippen LogP contribution in [0.5, 0.6) is 0 Å². The molecular formula is C29H22Cl2N4O3. The Morgan fingerprint density at radius 2 is 1.61 bits per heavy atom. The van der Waals surface area contributed by atoms with Crippen LogP contribution in [0.3, 0.4) is 0 Å². The molecule has 7 rings (SSSR count). The second kappa shape index (κ2) is 7.99. The Kier molecular flexibility index (Phi) is 4.96. The molecule has 1 aromatic heterocycles. The second-order valence-corrected chi connectivity index (χ2v) is 11.2. The molecule has 38 heavy (non-hydrogen) atoms. The monoisotopic (exact) mass is 544 g/mol. The van der Waals surface area contributed by atoms with Gasteiger partial charge in [-0.2, -0.15) is 0 Å². The summed E-state index contributed by atoms with van der Waals surface area (Å²) >= 11 is 12.8. The molecule has 4 aromatic rings. The second-order valence-electron chi connectivity index (χ2n) is 10.4. The van der Waals surface area contributed by atoms with Crippen LogP contribution in [0.1, 0.15) is 25.2 Å². The number of benzene rings is 3. The summed E-state index contributed by atoms with van der Waals surface area (Å²) in [6, 6.07) is 19.2. The smallest absolute Gasteiger partial charge is 0.266 e. The van der Waals surface area contributed by atoms with Gasteiger partial charge in [-0.1, -0.05) is 73.4 Å². The Morgan fingerprint density at radius 1 is 0.895 bits per heavy atom. The zero-order valence-electron chi connectivity index (χ0n) is 20.5. The third-order valence-corrected chi connectivity index (χ3v) is 9.00. The Bertz CT molecular complexity index is 1770. The minimum atomic E-state index is -1.19. The highest BCUT2D eigenvalue weighted by atomic mass is 35.5. The van der Waals surface area contributed by atoms with E-state index in [1.54, 1.807) is 41.0 Å². The van der Waals surface area contributed by atoms with Crippen molar-refractivity contribution in [3.05, 3.63) is 98.5 Å². The van der Waals surface area contributed by atoms with Crippen molar-refractivity contribution in [2.45, 2.75) is 25.4 Å².